The molecule has 0 bridgehead atoms. The number of terminal acetylenes is 1. The van der Waals surface area contributed by atoms with Crippen molar-refractivity contribution in [2.24, 2.45) is 0 Å². The van der Waals surface area contributed by atoms with Crippen molar-refractivity contribution in [1.29, 1.82) is 0 Å². The van der Waals surface area contributed by atoms with Gasteiger partial charge in [0.1, 0.15) is 5.82 Å². The fourth-order valence-corrected chi connectivity index (χ4v) is 1.11. The highest BCUT2D eigenvalue weighted by atomic mass is 79.9. The van der Waals surface area contributed by atoms with E-state index in [4.69, 9.17) is 6.42 Å². The highest BCUT2D eigenvalue weighted by molar-refractivity contribution is 9.10. The van der Waals surface area contributed by atoms with Crippen LogP contribution in [0.25, 0.3) is 0 Å². The summed E-state index contributed by atoms with van der Waals surface area (Å²) in [6, 6.07) is 4.19. The van der Waals surface area contributed by atoms with E-state index in [1.807, 2.05) is 0 Å². The highest BCUT2D eigenvalue weighted by Gasteiger charge is 2.06. The Morgan fingerprint density at radius 2 is 2.31 bits per heavy atom. The van der Waals surface area contributed by atoms with Crippen LogP contribution in [0.2, 0.25) is 0 Å². The van der Waals surface area contributed by atoms with Crippen molar-refractivity contribution in [2.75, 3.05) is 0 Å². The lowest BCUT2D eigenvalue weighted by molar-refractivity contribution is 0.0998. The standard InChI is InChI=1S/C10H6BrFO/c1-2-3-10(13)7-4-5-8(11)9(12)6-7/h1,4-6H,3H2. The molecule has 0 saturated heterocycles. The zero-order chi connectivity index (χ0) is 9.84. The highest BCUT2D eigenvalue weighted by Crippen LogP contribution is 2.17. The molecule has 66 valence electrons. The van der Waals surface area contributed by atoms with E-state index in [0.29, 0.717) is 10.0 Å². The Labute approximate surface area is 84.1 Å². The molecule has 13 heavy (non-hydrogen) atoms. The number of carbonyl (C=O) groups is 1. The average molecular weight is 241 g/mol. The van der Waals surface area contributed by atoms with E-state index < -0.39 is 5.82 Å². The molecular weight excluding hydrogens is 235 g/mol. The average Bonchev–Trinajstić information content (AvgIpc) is 2.10. The van der Waals surface area contributed by atoms with Gasteiger partial charge in [-0.15, -0.1) is 6.42 Å². The number of benzene rings is 1. The minimum absolute atomic E-state index is 0.00106. The summed E-state index contributed by atoms with van der Waals surface area (Å²) in [4.78, 5) is 11.2. The van der Waals surface area contributed by atoms with Gasteiger partial charge in [0.25, 0.3) is 0 Å². The summed E-state index contributed by atoms with van der Waals surface area (Å²) < 4.78 is 13.3. The normalized spacial score (nSPS) is 9.31. The summed E-state index contributed by atoms with van der Waals surface area (Å²) >= 11 is 2.99. The molecule has 0 saturated carbocycles. The second-order valence-corrected chi connectivity index (χ2v) is 3.29. The number of halogens is 2. The van der Waals surface area contributed by atoms with Crippen LogP contribution in [0.1, 0.15) is 16.8 Å². The molecule has 0 aliphatic heterocycles. The number of rotatable bonds is 2. The molecule has 0 spiro atoms. The third-order valence-corrected chi connectivity index (χ3v) is 2.15. The van der Waals surface area contributed by atoms with Crippen molar-refractivity contribution in [3.05, 3.63) is 34.1 Å². The third kappa shape index (κ3) is 2.40. The Bertz CT molecular complexity index is 379. The molecular formula is C10H6BrFO. The Morgan fingerprint density at radius 3 is 2.85 bits per heavy atom. The molecule has 0 unspecified atom stereocenters. The monoisotopic (exact) mass is 240 g/mol. The van der Waals surface area contributed by atoms with Gasteiger partial charge in [-0.2, -0.15) is 0 Å². The lowest BCUT2D eigenvalue weighted by Crippen LogP contribution is -1.97. The van der Waals surface area contributed by atoms with Gasteiger partial charge in [-0.25, -0.2) is 4.39 Å². The maximum atomic E-state index is 12.9. The molecule has 0 heterocycles. The van der Waals surface area contributed by atoms with E-state index in [-0.39, 0.29) is 12.2 Å². The van der Waals surface area contributed by atoms with Crippen LogP contribution in [0, 0.1) is 18.2 Å². The van der Waals surface area contributed by atoms with Crippen LogP contribution in [0.15, 0.2) is 22.7 Å². The molecule has 1 nitrogen and oxygen atoms in total. The van der Waals surface area contributed by atoms with Crippen molar-refractivity contribution in [1.82, 2.24) is 0 Å². The van der Waals surface area contributed by atoms with Gasteiger partial charge in [0.05, 0.1) is 10.9 Å². The zero-order valence-corrected chi connectivity index (χ0v) is 8.27. The number of hydrogen-bond acceptors (Lipinski definition) is 1. The van der Waals surface area contributed by atoms with Gasteiger partial charge in [0.15, 0.2) is 5.78 Å². The van der Waals surface area contributed by atoms with Crippen molar-refractivity contribution in [2.45, 2.75) is 6.42 Å². The Hall–Kier alpha value is -1.14. The maximum Gasteiger partial charge on any atom is 0.174 e. The van der Waals surface area contributed by atoms with Crippen LogP contribution in [0.3, 0.4) is 0 Å². The summed E-state index contributed by atoms with van der Waals surface area (Å²) in [6.07, 6.45) is 4.96. The first-order valence-corrected chi connectivity index (χ1v) is 4.36. The van der Waals surface area contributed by atoms with Crippen LogP contribution in [0.4, 0.5) is 4.39 Å². The van der Waals surface area contributed by atoms with Crippen LogP contribution in [0.5, 0.6) is 0 Å². The predicted molar refractivity (Wildman–Crippen MR) is 51.9 cm³/mol. The van der Waals surface area contributed by atoms with Gasteiger partial charge in [0, 0.05) is 5.56 Å². The fraction of sp³-hybridized carbons (Fsp3) is 0.100. The van der Waals surface area contributed by atoms with Crippen LogP contribution >= 0.6 is 15.9 Å². The third-order valence-electron chi connectivity index (χ3n) is 1.50. The van der Waals surface area contributed by atoms with E-state index in [9.17, 15) is 9.18 Å². The quantitative estimate of drug-likeness (QED) is 0.574. The van der Waals surface area contributed by atoms with E-state index in [1.54, 1.807) is 0 Å². The molecule has 1 aromatic carbocycles. The molecule has 0 radical (unpaired) electrons. The number of Topliss-reactive ketones (excluding diaryl/α,β-unsaturated/α-hetero) is 1. The fourth-order valence-electron chi connectivity index (χ4n) is 0.864. The molecule has 3 heteroatoms. The zero-order valence-electron chi connectivity index (χ0n) is 6.68. The first-order valence-electron chi connectivity index (χ1n) is 3.57. The van der Waals surface area contributed by atoms with Crippen LogP contribution in [-0.2, 0) is 0 Å². The molecule has 0 fully saturated rings. The van der Waals surface area contributed by atoms with E-state index in [2.05, 4.69) is 21.9 Å². The van der Waals surface area contributed by atoms with Crippen molar-refractivity contribution in [3.63, 3.8) is 0 Å². The molecule has 1 aromatic rings. The topological polar surface area (TPSA) is 17.1 Å². The first-order chi connectivity index (χ1) is 6.15. The number of carbonyl (C=O) groups excluding carboxylic acids is 1. The van der Waals surface area contributed by atoms with Crippen molar-refractivity contribution in [3.8, 4) is 12.3 Å². The Balaban J connectivity index is 2.98. The van der Waals surface area contributed by atoms with E-state index >= 15 is 0 Å². The maximum absolute atomic E-state index is 12.9. The van der Waals surface area contributed by atoms with Gasteiger partial charge in [-0.05, 0) is 28.1 Å². The minimum Gasteiger partial charge on any atom is -0.293 e. The summed E-state index contributed by atoms with van der Waals surface area (Å²) in [5, 5.41) is 0. The molecule has 0 aliphatic rings. The van der Waals surface area contributed by atoms with Gasteiger partial charge in [-0.3, -0.25) is 4.79 Å². The molecule has 0 aromatic heterocycles. The first kappa shape index (κ1) is 9.94. The Kier molecular flexibility index (Phi) is 3.21. The molecule has 0 aliphatic carbocycles. The van der Waals surface area contributed by atoms with Gasteiger partial charge in [0.2, 0.25) is 0 Å². The lowest BCUT2D eigenvalue weighted by Gasteiger charge is -1.98. The molecule has 1 rings (SSSR count). The largest absolute Gasteiger partial charge is 0.293 e. The molecule has 0 amide bonds. The minimum atomic E-state index is -0.456. The molecule has 0 atom stereocenters. The summed E-state index contributed by atoms with van der Waals surface area (Å²) in [6.45, 7) is 0. The van der Waals surface area contributed by atoms with Crippen LogP contribution in [-0.4, -0.2) is 5.78 Å². The van der Waals surface area contributed by atoms with Crippen molar-refractivity contribution < 1.29 is 9.18 Å². The molecule has 0 N–H and O–H groups in total. The summed E-state index contributed by atoms with van der Waals surface area (Å²) in [7, 11) is 0. The number of ketones is 1. The SMILES string of the molecule is C#CCC(=O)c1ccc(Br)c(F)c1. The summed E-state index contributed by atoms with van der Waals surface area (Å²) in [5.74, 6) is 1.52. The van der Waals surface area contributed by atoms with Gasteiger partial charge in [-0.1, -0.05) is 12.0 Å². The second kappa shape index (κ2) is 4.20. The Morgan fingerprint density at radius 1 is 1.62 bits per heavy atom. The smallest absolute Gasteiger partial charge is 0.174 e. The van der Waals surface area contributed by atoms with E-state index in [1.165, 1.54) is 18.2 Å². The van der Waals surface area contributed by atoms with Crippen LogP contribution < -0.4 is 0 Å². The van der Waals surface area contributed by atoms with Gasteiger partial charge >= 0.3 is 0 Å². The van der Waals surface area contributed by atoms with E-state index in [0.717, 1.165) is 0 Å². The lowest BCUT2D eigenvalue weighted by atomic mass is 10.1. The second-order valence-electron chi connectivity index (χ2n) is 2.43. The van der Waals surface area contributed by atoms with Gasteiger partial charge < -0.3 is 0 Å². The van der Waals surface area contributed by atoms with Crippen molar-refractivity contribution >= 4 is 21.7 Å². The summed E-state index contributed by atoms with van der Waals surface area (Å²) in [5.41, 5.74) is 0.304. The number of hydrogen-bond donors (Lipinski definition) is 0. The predicted octanol–water partition coefficient (Wildman–Crippen LogP) is 2.79.